The van der Waals surface area contributed by atoms with Crippen LogP contribution in [-0.4, -0.2) is 32.1 Å². The summed E-state index contributed by atoms with van der Waals surface area (Å²) in [4.78, 5) is 15.1. The Morgan fingerprint density at radius 1 is 0.862 bits per heavy atom. The Hall–Kier alpha value is -3.53. The Morgan fingerprint density at radius 3 is 2.17 bits per heavy atom. The van der Waals surface area contributed by atoms with Crippen LogP contribution in [-0.2, 0) is 11.3 Å². The molecule has 3 aromatic carbocycles. The molecule has 0 saturated heterocycles. The van der Waals surface area contributed by atoms with E-state index in [1.165, 1.54) is 0 Å². The number of nitrogens with zero attached hydrogens (tertiary/aromatic N) is 1. The van der Waals surface area contributed by atoms with Crippen molar-refractivity contribution in [2.45, 2.75) is 6.54 Å². The van der Waals surface area contributed by atoms with Crippen molar-refractivity contribution in [1.82, 2.24) is 4.90 Å². The molecule has 3 aromatic rings. The zero-order chi connectivity index (χ0) is 20.6. The zero-order valence-corrected chi connectivity index (χ0v) is 17.0. The second-order valence-electron chi connectivity index (χ2n) is 6.68. The minimum absolute atomic E-state index is 0.0575. The van der Waals surface area contributed by atoms with Crippen molar-refractivity contribution in [3.63, 3.8) is 0 Å². The predicted molar refractivity (Wildman–Crippen MR) is 117 cm³/mol. The van der Waals surface area contributed by atoms with E-state index in [9.17, 15) is 4.79 Å². The van der Waals surface area contributed by atoms with Crippen molar-refractivity contribution in [2.24, 2.45) is 0 Å². The van der Waals surface area contributed by atoms with Crippen LogP contribution in [0.5, 0.6) is 11.5 Å². The van der Waals surface area contributed by atoms with Gasteiger partial charge in [0.2, 0.25) is 0 Å². The monoisotopic (exact) mass is 387 g/mol. The number of carbonyl (C=O) groups is 1. The maximum absolute atomic E-state index is 13.4. The first kappa shape index (κ1) is 20.2. The Bertz CT molecular complexity index is 978. The van der Waals surface area contributed by atoms with Crippen molar-refractivity contribution >= 4 is 17.6 Å². The van der Waals surface area contributed by atoms with E-state index >= 15 is 0 Å². The SMILES string of the molecule is COc1ccc(CN(C)C(=O)/C(=C/c2ccccc2OC)c2ccccc2)cc1. The third-order valence-corrected chi connectivity index (χ3v) is 4.68. The summed E-state index contributed by atoms with van der Waals surface area (Å²) >= 11 is 0. The minimum atomic E-state index is -0.0575. The first-order valence-electron chi connectivity index (χ1n) is 9.41. The molecule has 0 heterocycles. The van der Waals surface area contributed by atoms with Crippen LogP contribution in [0.4, 0.5) is 0 Å². The van der Waals surface area contributed by atoms with Gasteiger partial charge in [0, 0.05) is 24.7 Å². The van der Waals surface area contributed by atoms with Gasteiger partial charge in [-0.05, 0) is 35.4 Å². The van der Waals surface area contributed by atoms with Gasteiger partial charge in [-0.3, -0.25) is 4.79 Å². The molecule has 0 saturated carbocycles. The average molecular weight is 387 g/mol. The van der Waals surface area contributed by atoms with Crippen LogP contribution in [0.15, 0.2) is 78.9 Å². The van der Waals surface area contributed by atoms with Crippen LogP contribution in [0, 0.1) is 0 Å². The van der Waals surface area contributed by atoms with Crippen molar-refractivity contribution in [1.29, 1.82) is 0 Å². The summed E-state index contributed by atoms with van der Waals surface area (Å²) in [6.45, 7) is 0.499. The molecule has 148 valence electrons. The standard InChI is InChI=1S/C25H25NO3/c1-26(18-19-13-15-22(28-2)16-14-19)25(27)23(20-9-5-4-6-10-20)17-21-11-7-8-12-24(21)29-3/h4-17H,18H2,1-3H3/b23-17+. The fourth-order valence-electron chi connectivity index (χ4n) is 3.11. The molecule has 0 aromatic heterocycles. The number of ether oxygens (including phenoxy) is 2. The van der Waals surface area contributed by atoms with E-state index in [2.05, 4.69) is 0 Å². The van der Waals surface area contributed by atoms with E-state index in [1.807, 2.05) is 92.0 Å². The molecule has 29 heavy (non-hydrogen) atoms. The zero-order valence-electron chi connectivity index (χ0n) is 17.0. The number of carbonyl (C=O) groups excluding carboxylic acids is 1. The van der Waals surface area contributed by atoms with Crippen LogP contribution < -0.4 is 9.47 Å². The number of para-hydroxylation sites is 1. The quantitative estimate of drug-likeness (QED) is 0.427. The third kappa shape index (κ3) is 5.05. The van der Waals surface area contributed by atoms with Crippen LogP contribution in [0.2, 0.25) is 0 Å². The lowest BCUT2D eigenvalue weighted by Gasteiger charge is -2.20. The van der Waals surface area contributed by atoms with Gasteiger partial charge in [0.25, 0.3) is 5.91 Å². The molecular formula is C25H25NO3. The summed E-state index contributed by atoms with van der Waals surface area (Å²) in [5, 5.41) is 0. The van der Waals surface area contributed by atoms with Gasteiger partial charge in [-0.15, -0.1) is 0 Å². The van der Waals surface area contributed by atoms with Crippen LogP contribution in [0.25, 0.3) is 11.6 Å². The fraction of sp³-hybridized carbons (Fsp3) is 0.160. The van der Waals surface area contributed by atoms with Gasteiger partial charge in [-0.2, -0.15) is 0 Å². The fourth-order valence-corrected chi connectivity index (χ4v) is 3.11. The molecule has 4 nitrogen and oxygen atoms in total. The molecular weight excluding hydrogens is 362 g/mol. The van der Waals surface area contributed by atoms with Gasteiger partial charge < -0.3 is 14.4 Å². The summed E-state index contributed by atoms with van der Waals surface area (Å²) in [5.41, 5.74) is 3.38. The van der Waals surface area contributed by atoms with Gasteiger partial charge in [-0.1, -0.05) is 60.7 Å². The smallest absolute Gasteiger partial charge is 0.254 e. The van der Waals surface area contributed by atoms with Gasteiger partial charge in [0.15, 0.2) is 0 Å². The highest BCUT2D eigenvalue weighted by Gasteiger charge is 2.18. The highest BCUT2D eigenvalue weighted by atomic mass is 16.5. The summed E-state index contributed by atoms with van der Waals surface area (Å²) < 4.78 is 10.7. The average Bonchev–Trinajstić information content (AvgIpc) is 2.78. The molecule has 0 aliphatic heterocycles. The number of hydrogen-bond donors (Lipinski definition) is 0. The van der Waals surface area contributed by atoms with Crippen molar-refractivity contribution in [3.8, 4) is 11.5 Å². The number of rotatable bonds is 7. The number of amides is 1. The van der Waals surface area contributed by atoms with Crippen molar-refractivity contribution < 1.29 is 14.3 Å². The maximum Gasteiger partial charge on any atom is 0.254 e. The Balaban J connectivity index is 1.92. The molecule has 0 atom stereocenters. The van der Waals surface area contributed by atoms with Crippen molar-refractivity contribution in [2.75, 3.05) is 21.3 Å². The summed E-state index contributed by atoms with van der Waals surface area (Å²) in [6, 6.07) is 25.1. The summed E-state index contributed by atoms with van der Waals surface area (Å²) in [7, 11) is 5.08. The lowest BCUT2D eigenvalue weighted by Crippen LogP contribution is -2.27. The van der Waals surface area contributed by atoms with Gasteiger partial charge >= 0.3 is 0 Å². The topological polar surface area (TPSA) is 38.8 Å². The lowest BCUT2D eigenvalue weighted by atomic mass is 10.0. The van der Waals surface area contributed by atoms with E-state index in [0.29, 0.717) is 12.1 Å². The lowest BCUT2D eigenvalue weighted by molar-refractivity contribution is -0.124. The van der Waals surface area contributed by atoms with E-state index in [-0.39, 0.29) is 5.91 Å². The normalized spacial score (nSPS) is 11.1. The van der Waals surface area contributed by atoms with E-state index < -0.39 is 0 Å². The van der Waals surface area contributed by atoms with Crippen LogP contribution in [0.3, 0.4) is 0 Å². The largest absolute Gasteiger partial charge is 0.497 e. The molecule has 0 N–H and O–H groups in total. The molecule has 0 spiro atoms. The molecule has 0 unspecified atom stereocenters. The van der Waals surface area contributed by atoms with E-state index in [4.69, 9.17) is 9.47 Å². The highest BCUT2D eigenvalue weighted by molar-refractivity contribution is 6.24. The molecule has 0 aliphatic carbocycles. The summed E-state index contributed by atoms with van der Waals surface area (Å²) in [5.74, 6) is 1.47. The third-order valence-electron chi connectivity index (χ3n) is 4.68. The number of benzene rings is 3. The van der Waals surface area contributed by atoms with Gasteiger partial charge in [-0.25, -0.2) is 0 Å². The first-order valence-corrected chi connectivity index (χ1v) is 9.41. The van der Waals surface area contributed by atoms with Crippen LogP contribution >= 0.6 is 0 Å². The molecule has 3 rings (SSSR count). The molecule has 0 fully saturated rings. The Labute approximate surface area is 172 Å². The number of methoxy groups -OCH3 is 2. The number of likely N-dealkylation sites (N-methyl/N-ethyl adjacent to an activating group) is 1. The Morgan fingerprint density at radius 2 is 1.52 bits per heavy atom. The Kier molecular flexibility index (Phi) is 6.69. The molecule has 4 heteroatoms. The minimum Gasteiger partial charge on any atom is -0.497 e. The van der Waals surface area contributed by atoms with Crippen LogP contribution in [0.1, 0.15) is 16.7 Å². The predicted octanol–water partition coefficient (Wildman–Crippen LogP) is 4.90. The first-order chi connectivity index (χ1) is 14.1. The maximum atomic E-state index is 13.4. The van der Waals surface area contributed by atoms with E-state index in [0.717, 1.165) is 28.2 Å². The molecule has 0 radical (unpaired) electrons. The second-order valence-corrected chi connectivity index (χ2v) is 6.68. The van der Waals surface area contributed by atoms with Crippen molar-refractivity contribution in [3.05, 3.63) is 95.6 Å². The number of hydrogen-bond acceptors (Lipinski definition) is 3. The molecule has 0 aliphatic rings. The highest BCUT2D eigenvalue weighted by Crippen LogP contribution is 2.26. The van der Waals surface area contributed by atoms with Gasteiger partial charge in [0.05, 0.1) is 14.2 Å². The van der Waals surface area contributed by atoms with Gasteiger partial charge in [0.1, 0.15) is 11.5 Å². The van der Waals surface area contributed by atoms with E-state index in [1.54, 1.807) is 19.1 Å². The second kappa shape index (κ2) is 9.60. The summed E-state index contributed by atoms with van der Waals surface area (Å²) in [6.07, 6.45) is 1.89. The molecule has 1 amide bonds. The molecule has 0 bridgehead atoms.